The van der Waals surface area contributed by atoms with Crippen molar-refractivity contribution in [3.63, 3.8) is 0 Å². The van der Waals surface area contributed by atoms with E-state index in [2.05, 4.69) is 5.32 Å². The second-order valence-electron chi connectivity index (χ2n) is 6.41. The van der Waals surface area contributed by atoms with Crippen LogP contribution in [0.25, 0.3) is 0 Å². The van der Waals surface area contributed by atoms with Crippen molar-refractivity contribution >= 4 is 29.3 Å². The summed E-state index contributed by atoms with van der Waals surface area (Å²) in [5, 5.41) is 11.7. The van der Waals surface area contributed by atoms with Crippen LogP contribution in [0.15, 0.2) is 42.5 Å². The van der Waals surface area contributed by atoms with E-state index in [1.165, 1.54) is 0 Å². The standard InChI is InChI=1S/C21H21N3O4S/c1-27-17-8-5-15(19(10-17)28-2)9-20(25)24-13-29-12-18(24)21(26)23-16-6-3-14(11-22)4-7-16/h3-8,10,18H,9,12-13H2,1-2H3,(H,23,26). The third kappa shape index (κ3) is 4.81. The predicted molar refractivity (Wildman–Crippen MR) is 111 cm³/mol. The Balaban J connectivity index is 1.68. The summed E-state index contributed by atoms with van der Waals surface area (Å²) in [6.45, 7) is 0. The van der Waals surface area contributed by atoms with Crippen molar-refractivity contribution in [1.82, 2.24) is 4.90 Å². The van der Waals surface area contributed by atoms with E-state index in [4.69, 9.17) is 14.7 Å². The van der Waals surface area contributed by atoms with Crippen LogP contribution in [0.3, 0.4) is 0 Å². The maximum Gasteiger partial charge on any atom is 0.248 e. The minimum atomic E-state index is -0.549. The molecule has 1 N–H and O–H groups in total. The molecule has 2 aromatic rings. The highest BCUT2D eigenvalue weighted by Crippen LogP contribution is 2.28. The molecule has 1 saturated heterocycles. The van der Waals surface area contributed by atoms with Crippen LogP contribution in [0.5, 0.6) is 11.5 Å². The van der Waals surface area contributed by atoms with E-state index in [-0.39, 0.29) is 18.2 Å². The molecule has 1 unspecified atom stereocenters. The molecule has 3 rings (SSSR count). The highest BCUT2D eigenvalue weighted by molar-refractivity contribution is 7.99. The molecule has 0 aliphatic carbocycles. The van der Waals surface area contributed by atoms with Crippen molar-refractivity contribution in [3.05, 3.63) is 53.6 Å². The summed E-state index contributed by atoms with van der Waals surface area (Å²) in [5.41, 5.74) is 1.85. The topological polar surface area (TPSA) is 91.7 Å². The lowest BCUT2D eigenvalue weighted by molar-refractivity contribution is -0.135. The maximum atomic E-state index is 12.9. The van der Waals surface area contributed by atoms with Crippen molar-refractivity contribution in [1.29, 1.82) is 5.26 Å². The zero-order chi connectivity index (χ0) is 20.8. The second-order valence-corrected chi connectivity index (χ2v) is 7.41. The Bertz CT molecular complexity index is 940. The Morgan fingerprint density at radius 2 is 1.97 bits per heavy atom. The number of methoxy groups -OCH3 is 2. The van der Waals surface area contributed by atoms with Crippen LogP contribution in [0.4, 0.5) is 5.69 Å². The number of rotatable bonds is 6. The fourth-order valence-corrected chi connectivity index (χ4v) is 4.20. The van der Waals surface area contributed by atoms with Gasteiger partial charge in [-0.05, 0) is 30.3 Å². The summed E-state index contributed by atoms with van der Waals surface area (Å²) in [4.78, 5) is 27.2. The number of nitriles is 1. The van der Waals surface area contributed by atoms with E-state index in [9.17, 15) is 9.59 Å². The highest BCUT2D eigenvalue weighted by Gasteiger charge is 2.34. The molecule has 8 heteroatoms. The van der Waals surface area contributed by atoms with Crippen molar-refractivity contribution in [2.24, 2.45) is 0 Å². The van der Waals surface area contributed by atoms with Crippen LogP contribution in [-0.4, -0.2) is 48.6 Å². The van der Waals surface area contributed by atoms with Gasteiger partial charge in [0.05, 0.1) is 38.1 Å². The van der Waals surface area contributed by atoms with Crippen molar-refractivity contribution in [2.45, 2.75) is 12.5 Å². The molecule has 0 aromatic heterocycles. The molecule has 0 saturated carbocycles. The van der Waals surface area contributed by atoms with Crippen LogP contribution >= 0.6 is 11.8 Å². The number of thioether (sulfide) groups is 1. The van der Waals surface area contributed by atoms with Crippen molar-refractivity contribution < 1.29 is 19.1 Å². The Labute approximate surface area is 173 Å². The van der Waals surface area contributed by atoms with E-state index in [1.807, 2.05) is 6.07 Å². The Morgan fingerprint density at radius 1 is 1.21 bits per heavy atom. The van der Waals surface area contributed by atoms with Gasteiger partial charge in [0, 0.05) is 23.1 Å². The molecule has 0 radical (unpaired) electrons. The van der Waals surface area contributed by atoms with Gasteiger partial charge in [0.15, 0.2) is 0 Å². The number of ether oxygens (including phenoxy) is 2. The lowest BCUT2D eigenvalue weighted by Crippen LogP contribution is -2.45. The number of nitrogens with one attached hydrogen (secondary N) is 1. The van der Waals surface area contributed by atoms with Gasteiger partial charge in [-0.15, -0.1) is 11.8 Å². The van der Waals surface area contributed by atoms with E-state index in [1.54, 1.807) is 73.3 Å². The number of nitrogens with zero attached hydrogens (tertiary/aromatic N) is 2. The van der Waals surface area contributed by atoms with Crippen LogP contribution in [-0.2, 0) is 16.0 Å². The molecule has 1 aliphatic heterocycles. The fraction of sp³-hybridized carbons (Fsp3) is 0.286. The summed E-state index contributed by atoms with van der Waals surface area (Å²) in [7, 11) is 3.11. The number of carbonyl (C=O) groups excluding carboxylic acids is 2. The summed E-state index contributed by atoms with van der Waals surface area (Å²) in [5.74, 6) is 1.84. The number of amides is 2. The third-order valence-electron chi connectivity index (χ3n) is 4.62. The summed E-state index contributed by atoms with van der Waals surface area (Å²) < 4.78 is 10.6. The molecular weight excluding hydrogens is 390 g/mol. The minimum absolute atomic E-state index is 0.133. The Morgan fingerprint density at radius 3 is 2.62 bits per heavy atom. The maximum absolute atomic E-state index is 12.9. The molecule has 2 aromatic carbocycles. The second kappa shape index (κ2) is 9.34. The first-order valence-electron chi connectivity index (χ1n) is 8.95. The van der Waals surface area contributed by atoms with Gasteiger partial charge in [-0.3, -0.25) is 9.59 Å². The highest BCUT2D eigenvalue weighted by atomic mass is 32.2. The summed E-state index contributed by atoms with van der Waals surface area (Å²) in [6.07, 6.45) is 0.133. The Hall–Kier alpha value is -3.18. The minimum Gasteiger partial charge on any atom is -0.497 e. The number of carbonyl (C=O) groups is 2. The molecule has 1 aliphatic rings. The molecular formula is C21H21N3O4S. The zero-order valence-electron chi connectivity index (χ0n) is 16.2. The predicted octanol–water partition coefficient (Wildman–Crippen LogP) is 2.66. The zero-order valence-corrected chi connectivity index (χ0v) is 17.0. The van der Waals surface area contributed by atoms with Gasteiger partial charge >= 0.3 is 0 Å². The SMILES string of the molecule is COc1ccc(CC(=O)N2CSCC2C(=O)Nc2ccc(C#N)cc2)c(OC)c1. The van der Waals surface area contributed by atoms with Crippen molar-refractivity contribution in [2.75, 3.05) is 31.2 Å². The average Bonchev–Trinajstić information content (AvgIpc) is 3.25. The van der Waals surface area contributed by atoms with Crippen molar-refractivity contribution in [3.8, 4) is 17.6 Å². The first-order chi connectivity index (χ1) is 14.0. The molecule has 1 fully saturated rings. The average molecular weight is 411 g/mol. The monoisotopic (exact) mass is 411 g/mol. The first-order valence-corrected chi connectivity index (χ1v) is 10.1. The van der Waals surface area contributed by atoms with E-state index in [0.717, 1.165) is 5.56 Å². The fourth-order valence-electron chi connectivity index (χ4n) is 3.02. The number of hydrogen-bond donors (Lipinski definition) is 1. The smallest absolute Gasteiger partial charge is 0.248 e. The third-order valence-corrected chi connectivity index (χ3v) is 5.63. The van der Waals surface area contributed by atoms with Crippen LogP contribution in [0, 0.1) is 11.3 Å². The first kappa shape index (κ1) is 20.6. The molecule has 150 valence electrons. The van der Waals surface area contributed by atoms with E-state index >= 15 is 0 Å². The van der Waals surface area contributed by atoms with Gasteiger partial charge in [-0.2, -0.15) is 5.26 Å². The number of hydrogen-bond acceptors (Lipinski definition) is 6. The lowest BCUT2D eigenvalue weighted by atomic mass is 10.1. The summed E-state index contributed by atoms with van der Waals surface area (Å²) in [6, 6.07) is 13.4. The summed E-state index contributed by atoms with van der Waals surface area (Å²) >= 11 is 1.54. The molecule has 29 heavy (non-hydrogen) atoms. The molecule has 1 atom stereocenters. The van der Waals surface area contributed by atoms with Gasteiger partial charge in [-0.1, -0.05) is 6.07 Å². The number of anilines is 1. The largest absolute Gasteiger partial charge is 0.497 e. The van der Waals surface area contributed by atoms with Crippen LogP contribution in [0.2, 0.25) is 0 Å². The van der Waals surface area contributed by atoms with E-state index < -0.39 is 6.04 Å². The molecule has 0 spiro atoms. The van der Waals surface area contributed by atoms with Gasteiger partial charge in [0.2, 0.25) is 11.8 Å². The molecule has 1 heterocycles. The lowest BCUT2D eigenvalue weighted by Gasteiger charge is -2.23. The molecule has 7 nitrogen and oxygen atoms in total. The van der Waals surface area contributed by atoms with Gasteiger partial charge in [0.1, 0.15) is 17.5 Å². The molecule has 0 bridgehead atoms. The quantitative estimate of drug-likeness (QED) is 0.786. The van der Waals surface area contributed by atoms with Crippen LogP contribution in [0.1, 0.15) is 11.1 Å². The molecule has 2 amide bonds. The van der Waals surface area contributed by atoms with Gasteiger partial charge in [0.25, 0.3) is 0 Å². The Kier molecular flexibility index (Phi) is 6.62. The van der Waals surface area contributed by atoms with Gasteiger partial charge in [-0.25, -0.2) is 0 Å². The normalized spacial score (nSPS) is 15.5. The van der Waals surface area contributed by atoms with Gasteiger partial charge < -0.3 is 19.7 Å². The van der Waals surface area contributed by atoms with Crippen LogP contribution < -0.4 is 14.8 Å². The number of benzene rings is 2. The van der Waals surface area contributed by atoms with E-state index in [0.29, 0.717) is 34.4 Å².